The number of para-hydroxylation sites is 1. The van der Waals surface area contributed by atoms with Gasteiger partial charge >= 0.3 is 0 Å². The van der Waals surface area contributed by atoms with Gasteiger partial charge in [0.15, 0.2) is 0 Å². The van der Waals surface area contributed by atoms with Crippen molar-refractivity contribution < 1.29 is 17.6 Å². The molecule has 0 saturated heterocycles. The minimum atomic E-state index is -4.01. The van der Waals surface area contributed by atoms with E-state index in [2.05, 4.69) is 15.2 Å². The van der Waals surface area contributed by atoms with Gasteiger partial charge in [-0.1, -0.05) is 35.9 Å². The van der Waals surface area contributed by atoms with E-state index in [9.17, 15) is 13.2 Å². The van der Waals surface area contributed by atoms with Crippen molar-refractivity contribution in [3.05, 3.63) is 100 Å². The van der Waals surface area contributed by atoms with Gasteiger partial charge in [-0.05, 0) is 73.5 Å². The maximum Gasteiger partial charge on any atom is 0.276 e. The minimum absolute atomic E-state index is 0.0300. The molecule has 3 aromatic carbocycles. The highest BCUT2D eigenvalue weighted by molar-refractivity contribution is 7.89. The summed E-state index contributed by atoms with van der Waals surface area (Å²) in [6, 6.07) is 19.8. The highest BCUT2D eigenvalue weighted by Crippen LogP contribution is 2.17. The van der Waals surface area contributed by atoms with E-state index in [0.29, 0.717) is 21.7 Å². The molecular weight excluding hydrogens is 462 g/mol. The van der Waals surface area contributed by atoms with Gasteiger partial charge in [-0.3, -0.25) is 4.79 Å². The predicted molar refractivity (Wildman–Crippen MR) is 127 cm³/mol. The van der Waals surface area contributed by atoms with Gasteiger partial charge in [0.2, 0.25) is 5.55 Å². The van der Waals surface area contributed by atoms with Gasteiger partial charge < -0.3 is 9.73 Å². The van der Waals surface area contributed by atoms with Crippen LogP contribution in [-0.4, -0.2) is 14.3 Å². The van der Waals surface area contributed by atoms with Crippen LogP contribution in [0.15, 0.2) is 87.2 Å². The number of aryl methyl sites for hydroxylation is 2. The number of nitrogens with zero attached hydrogens (tertiary/aromatic N) is 1. The molecule has 2 N–H and O–H groups in total. The summed E-state index contributed by atoms with van der Waals surface area (Å²) in [7, 11) is -4.01. The molecule has 168 valence electrons. The Labute approximate surface area is 195 Å². The maximum absolute atomic E-state index is 13.1. The average Bonchev–Trinajstić information content (AvgIpc) is 2.80. The van der Waals surface area contributed by atoms with Crippen LogP contribution in [0.5, 0.6) is 0 Å². The van der Waals surface area contributed by atoms with Crippen LogP contribution >= 0.6 is 11.6 Å². The van der Waals surface area contributed by atoms with Crippen molar-refractivity contribution in [2.75, 3.05) is 5.32 Å². The molecule has 0 aliphatic heterocycles. The Kier molecular flexibility index (Phi) is 6.22. The number of carbonyl (C=O) groups excluding carboxylic acids is 1. The number of hydrogen-bond donors (Lipinski definition) is 2. The number of nitrogens with one attached hydrogen (secondary N) is 2. The molecular formula is C24H20ClN3O4S. The Morgan fingerprint density at radius 1 is 0.939 bits per heavy atom. The molecule has 0 aliphatic carbocycles. The van der Waals surface area contributed by atoms with Crippen molar-refractivity contribution in [3.63, 3.8) is 0 Å². The molecule has 0 radical (unpaired) electrons. The van der Waals surface area contributed by atoms with Crippen molar-refractivity contribution in [1.29, 1.82) is 0 Å². The fraction of sp³-hybridized carbons (Fsp3) is 0.0833. The molecule has 9 heteroatoms. The van der Waals surface area contributed by atoms with Crippen molar-refractivity contribution in [2.45, 2.75) is 18.7 Å². The molecule has 0 fully saturated rings. The first-order valence-corrected chi connectivity index (χ1v) is 11.8. The van der Waals surface area contributed by atoms with Crippen molar-refractivity contribution in [2.24, 2.45) is 5.10 Å². The second kappa shape index (κ2) is 9.09. The van der Waals surface area contributed by atoms with Crippen LogP contribution in [0.25, 0.3) is 11.0 Å². The van der Waals surface area contributed by atoms with Gasteiger partial charge in [0.1, 0.15) is 11.1 Å². The summed E-state index contributed by atoms with van der Waals surface area (Å²) in [5.41, 5.74) is 3.07. The quantitative estimate of drug-likeness (QED) is 0.402. The number of rotatable bonds is 5. The molecule has 1 amide bonds. The second-order valence-corrected chi connectivity index (χ2v) is 9.51. The van der Waals surface area contributed by atoms with E-state index >= 15 is 0 Å². The lowest BCUT2D eigenvalue weighted by molar-refractivity contribution is 0.102. The van der Waals surface area contributed by atoms with E-state index in [0.717, 1.165) is 11.1 Å². The van der Waals surface area contributed by atoms with Crippen LogP contribution < -0.4 is 15.7 Å². The molecule has 4 rings (SSSR count). The molecule has 0 aliphatic rings. The van der Waals surface area contributed by atoms with Crippen molar-refractivity contribution in [1.82, 2.24) is 4.83 Å². The molecule has 1 heterocycles. The Morgan fingerprint density at radius 2 is 1.67 bits per heavy atom. The molecule has 0 spiro atoms. The molecule has 0 atom stereocenters. The van der Waals surface area contributed by atoms with E-state index in [1.807, 2.05) is 32.0 Å². The van der Waals surface area contributed by atoms with Crippen molar-refractivity contribution in [3.8, 4) is 0 Å². The zero-order valence-electron chi connectivity index (χ0n) is 17.8. The standard InChI is InChI=1S/C24H20ClN3O4S/c1-15-7-10-19(13-16(15)2)26-23(29)21-14-17-5-3-4-6-22(17)32-24(21)27-28-33(30,31)20-11-8-18(25)9-12-20/h3-14,28H,1-2H3,(H,26,29)/b27-24+. The fourth-order valence-electron chi connectivity index (χ4n) is 3.10. The Balaban J connectivity index is 1.74. The highest BCUT2D eigenvalue weighted by Gasteiger charge is 2.16. The predicted octanol–water partition coefficient (Wildman–Crippen LogP) is 4.75. The number of carbonyl (C=O) groups is 1. The van der Waals surface area contributed by atoms with Gasteiger partial charge in [0.25, 0.3) is 15.9 Å². The Bertz CT molecular complexity index is 1530. The van der Waals surface area contributed by atoms with E-state index in [1.54, 1.807) is 30.3 Å². The molecule has 7 nitrogen and oxygen atoms in total. The smallest absolute Gasteiger partial charge is 0.276 e. The zero-order valence-corrected chi connectivity index (χ0v) is 19.4. The molecule has 0 bridgehead atoms. The summed E-state index contributed by atoms with van der Waals surface area (Å²) in [5, 5.41) is 7.81. The van der Waals surface area contributed by atoms with Crippen LogP contribution in [0.1, 0.15) is 21.5 Å². The lowest BCUT2D eigenvalue weighted by Crippen LogP contribution is -2.27. The first-order valence-electron chi connectivity index (χ1n) is 9.95. The van der Waals surface area contributed by atoms with Crippen LogP contribution in [0.3, 0.4) is 0 Å². The van der Waals surface area contributed by atoms with Gasteiger partial charge in [-0.15, -0.1) is 5.10 Å². The highest BCUT2D eigenvalue weighted by atomic mass is 35.5. The fourth-order valence-corrected chi connectivity index (χ4v) is 4.03. The van der Waals surface area contributed by atoms with Crippen LogP contribution in [-0.2, 0) is 10.0 Å². The monoisotopic (exact) mass is 481 g/mol. The lowest BCUT2D eigenvalue weighted by Gasteiger charge is -2.09. The summed E-state index contributed by atoms with van der Waals surface area (Å²) in [6.45, 7) is 3.93. The average molecular weight is 482 g/mol. The van der Waals surface area contributed by atoms with E-state index < -0.39 is 15.9 Å². The SMILES string of the molecule is Cc1ccc(NC(=O)c2cc3ccccc3o/c2=N/NS(=O)(=O)c2ccc(Cl)cc2)cc1C. The normalized spacial score (nSPS) is 12.0. The van der Waals surface area contributed by atoms with Gasteiger partial charge in [0, 0.05) is 16.1 Å². The molecule has 0 saturated carbocycles. The first-order chi connectivity index (χ1) is 15.7. The lowest BCUT2D eigenvalue weighted by atomic mass is 10.1. The van der Waals surface area contributed by atoms with E-state index in [4.69, 9.17) is 16.0 Å². The molecule has 33 heavy (non-hydrogen) atoms. The van der Waals surface area contributed by atoms with E-state index in [1.165, 1.54) is 24.3 Å². The third kappa shape index (κ3) is 5.08. The second-order valence-electron chi connectivity index (χ2n) is 7.42. The maximum atomic E-state index is 13.1. The first kappa shape index (κ1) is 22.6. The van der Waals surface area contributed by atoms with Crippen molar-refractivity contribution >= 4 is 44.2 Å². The molecule has 4 aromatic rings. The third-order valence-electron chi connectivity index (χ3n) is 5.06. The topological polar surface area (TPSA) is 101 Å². The summed E-state index contributed by atoms with van der Waals surface area (Å²) < 4.78 is 31.0. The largest absolute Gasteiger partial charge is 0.436 e. The van der Waals surface area contributed by atoms with Gasteiger partial charge in [-0.2, -0.15) is 13.2 Å². The van der Waals surface area contributed by atoms with Crippen LogP contribution in [0.2, 0.25) is 5.02 Å². The number of amides is 1. The number of fused-ring (bicyclic) bond motifs is 1. The van der Waals surface area contributed by atoms with Crippen LogP contribution in [0, 0.1) is 13.8 Å². The number of halogens is 1. The minimum Gasteiger partial charge on any atom is -0.436 e. The zero-order chi connectivity index (χ0) is 23.6. The summed E-state index contributed by atoms with van der Waals surface area (Å²) in [5.74, 6) is -0.489. The number of anilines is 1. The Morgan fingerprint density at radius 3 is 2.39 bits per heavy atom. The number of hydrogen-bond acceptors (Lipinski definition) is 5. The van der Waals surface area contributed by atoms with Gasteiger partial charge in [0.05, 0.1) is 4.90 Å². The van der Waals surface area contributed by atoms with Gasteiger partial charge in [-0.25, -0.2) is 0 Å². The summed E-state index contributed by atoms with van der Waals surface area (Å²) >= 11 is 5.83. The number of sulfonamides is 1. The summed E-state index contributed by atoms with van der Waals surface area (Å²) in [6.07, 6.45) is 0. The number of benzene rings is 3. The van der Waals surface area contributed by atoms with Crippen LogP contribution in [0.4, 0.5) is 5.69 Å². The Hall–Kier alpha value is -3.62. The summed E-state index contributed by atoms with van der Waals surface area (Å²) in [4.78, 5) is 15.2. The molecule has 1 aromatic heterocycles. The van der Waals surface area contributed by atoms with E-state index in [-0.39, 0.29) is 16.0 Å². The third-order valence-corrected chi connectivity index (χ3v) is 6.53. The molecule has 0 unspecified atom stereocenters.